The number of ether oxygens (including phenoxy) is 1. The molecule has 2 aromatic rings. The molecule has 0 aliphatic carbocycles. The first-order valence-corrected chi connectivity index (χ1v) is 15.6. The summed E-state index contributed by atoms with van der Waals surface area (Å²) in [6.07, 6.45) is 0.178. The summed E-state index contributed by atoms with van der Waals surface area (Å²) in [5.41, 5.74) is 0.936. The van der Waals surface area contributed by atoms with E-state index in [-0.39, 0.29) is 48.3 Å². The number of anilines is 1. The molecule has 244 valence electrons. The smallest absolute Gasteiger partial charge is 0.410 e. The highest BCUT2D eigenvalue weighted by Gasteiger charge is 2.43. The van der Waals surface area contributed by atoms with Crippen LogP contribution in [-0.2, 0) is 26.2 Å². The third-order valence-electron chi connectivity index (χ3n) is 8.76. The van der Waals surface area contributed by atoms with Gasteiger partial charge < -0.3 is 19.4 Å². The van der Waals surface area contributed by atoms with Crippen molar-refractivity contribution in [2.24, 2.45) is 5.92 Å². The van der Waals surface area contributed by atoms with Crippen molar-refractivity contribution in [3.8, 4) is 0 Å². The third kappa shape index (κ3) is 7.26. The summed E-state index contributed by atoms with van der Waals surface area (Å²) in [5, 5.41) is 8.76. The van der Waals surface area contributed by atoms with E-state index in [2.05, 4.69) is 15.1 Å². The van der Waals surface area contributed by atoms with Crippen molar-refractivity contribution < 1.29 is 27.9 Å². The van der Waals surface area contributed by atoms with Crippen LogP contribution in [0.3, 0.4) is 0 Å². The van der Waals surface area contributed by atoms with Crippen LogP contribution in [-0.4, -0.2) is 99.8 Å². The van der Waals surface area contributed by atoms with E-state index in [0.29, 0.717) is 56.2 Å². The molecule has 4 heterocycles. The molecule has 0 N–H and O–H groups in total. The van der Waals surface area contributed by atoms with Gasteiger partial charge in [-0.1, -0.05) is 26.8 Å². The van der Waals surface area contributed by atoms with Crippen LogP contribution in [0, 0.1) is 17.6 Å². The number of carbonyl (C=O) groups is 3. The fraction of sp³-hybridized carbons (Fsp3) is 0.606. The van der Waals surface area contributed by atoms with Crippen LogP contribution in [0.1, 0.15) is 71.8 Å². The second-order valence-corrected chi connectivity index (χ2v) is 14.5. The van der Waals surface area contributed by atoms with Gasteiger partial charge in [0.05, 0.1) is 23.6 Å². The predicted octanol–water partition coefficient (Wildman–Crippen LogP) is 4.15. The van der Waals surface area contributed by atoms with Crippen LogP contribution in [0.4, 0.5) is 19.3 Å². The van der Waals surface area contributed by atoms with Crippen LogP contribution in [0.25, 0.3) is 0 Å². The van der Waals surface area contributed by atoms with Crippen molar-refractivity contribution in [3.05, 3.63) is 52.9 Å². The molecule has 1 aromatic carbocycles. The highest BCUT2D eigenvalue weighted by atomic mass is 19.1. The number of likely N-dealkylation sites (tertiary alicyclic amines) is 1. The molecule has 2 saturated heterocycles. The quantitative estimate of drug-likeness (QED) is 0.475. The number of halogens is 2. The number of hydrogen-bond donors (Lipinski definition) is 0. The molecule has 0 spiro atoms. The number of carbonyl (C=O) groups excluding carboxylic acids is 3. The van der Waals surface area contributed by atoms with Gasteiger partial charge in [0.1, 0.15) is 17.2 Å². The third-order valence-corrected chi connectivity index (χ3v) is 8.76. The predicted molar refractivity (Wildman–Crippen MR) is 165 cm³/mol. The zero-order valence-electron chi connectivity index (χ0n) is 27.3. The average Bonchev–Trinajstić information content (AvgIpc) is 3.39. The number of benzene rings is 1. The molecule has 5 rings (SSSR count). The van der Waals surface area contributed by atoms with E-state index in [0.717, 1.165) is 6.07 Å². The molecular formula is C33H44F2N6O4. The SMILES string of the molecule is C[C@H]1CC(=O)N(C[C@H]2CN(C(=O)OC(C)(C)C)[C@H](C)CN2CC(=O)N2CC(C)(C)c3nnc(Cc4ccc(F)cc4F)cc32)C1. The first-order valence-electron chi connectivity index (χ1n) is 15.6. The monoisotopic (exact) mass is 626 g/mol. The summed E-state index contributed by atoms with van der Waals surface area (Å²) in [6.45, 7) is 15.7. The summed E-state index contributed by atoms with van der Waals surface area (Å²) in [4.78, 5) is 47.3. The van der Waals surface area contributed by atoms with Gasteiger partial charge in [-0.15, -0.1) is 0 Å². The molecular weight excluding hydrogens is 582 g/mol. The Bertz CT molecular complexity index is 1480. The van der Waals surface area contributed by atoms with Gasteiger partial charge in [0.25, 0.3) is 0 Å². The molecule has 0 radical (unpaired) electrons. The van der Waals surface area contributed by atoms with Gasteiger partial charge in [0.15, 0.2) is 0 Å². The maximum Gasteiger partial charge on any atom is 0.410 e. The molecule has 10 nitrogen and oxygen atoms in total. The van der Waals surface area contributed by atoms with Gasteiger partial charge in [0.2, 0.25) is 11.8 Å². The number of hydrogen-bond acceptors (Lipinski definition) is 7. The maximum atomic E-state index is 14.4. The fourth-order valence-corrected chi connectivity index (χ4v) is 6.54. The van der Waals surface area contributed by atoms with Crippen molar-refractivity contribution in [2.75, 3.05) is 44.2 Å². The zero-order valence-corrected chi connectivity index (χ0v) is 27.3. The van der Waals surface area contributed by atoms with Crippen molar-refractivity contribution in [1.29, 1.82) is 0 Å². The van der Waals surface area contributed by atoms with Crippen LogP contribution in [0.2, 0.25) is 0 Å². The molecule has 0 unspecified atom stereocenters. The first-order chi connectivity index (χ1) is 21.0. The Balaban J connectivity index is 1.37. The largest absolute Gasteiger partial charge is 0.444 e. The van der Waals surface area contributed by atoms with E-state index in [1.807, 2.05) is 53.4 Å². The van der Waals surface area contributed by atoms with Crippen LogP contribution in [0.15, 0.2) is 24.3 Å². The van der Waals surface area contributed by atoms with Crippen molar-refractivity contribution in [3.63, 3.8) is 0 Å². The maximum absolute atomic E-state index is 14.4. The number of piperazine rings is 1. The highest BCUT2D eigenvalue weighted by Crippen LogP contribution is 2.39. The number of fused-ring (bicyclic) bond motifs is 1. The average molecular weight is 627 g/mol. The van der Waals surface area contributed by atoms with E-state index in [4.69, 9.17) is 4.74 Å². The second-order valence-electron chi connectivity index (χ2n) is 14.5. The highest BCUT2D eigenvalue weighted by molar-refractivity contribution is 5.97. The summed E-state index contributed by atoms with van der Waals surface area (Å²) in [7, 11) is 0. The lowest BCUT2D eigenvalue weighted by Gasteiger charge is -2.46. The lowest BCUT2D eigenvalue weighted by atomic mass is 9.91. The Morgan fingerprint density at radius 2 is 1.80 bits per heavy atom. The van der Waals surface area contributed by atoms with E-state index in [1.54, 1.807) is 15.9 Å². The molecule has 12 heteroatoms. The van der Waals surface area contributed by atoms with Crippen molar-refractivity contribution >= 4 is 23.6 Å². The van der Waals surface area contributed by atoms with E-state index in [1.165, 1.54) is 12.1 Å². The molecule has 3 aliphatic heterocycles. The Hall–Kier alpha value is -3.67. The second kappa shape index (κ2) is 12.3. The summed E-state index contributed by atoms with van der Waals surface area (Å²) in [6, 6.07) is 4.70. The minimum Gasteiger partial charge on any atom is -0.444 e. The van der Waals surface area contributed by atoms with Crippen LogP contribution < -0.4 is 4.90 Å². The molecule has 3 atom stereocenters. The summed E-state index contributed by atoms with van der Waals surface area (Å²) < 4.78 is 33.5. The number of aromatic nitrogens is 2. The standard InChI is InChI=1S/C33H44F2N6O4/c1-20-10-28(42)39(14-20)16-25-17-40(31(44)45-32(3,4)5)21(2)15-38(25)18-29(43)41-19-33(6,7)30-27(41)13-24(36-37-30)11-22-8-9-23(34)12-26(22)35/h8-9,12-13,20-21,25H,10-11,14-19H2,1-7H3/t20-,21+,25-/m0/s1. The van der Waals surface area contributed by atoms with Gasteiger partial charge in [-0.05, 0) is 51.3 Å². The van der Waals surface area contributed by atoms with Gasteiger partial charge in [-0.3, -0.25) is 14.5 Å². The van der Waals surface area contributed by atoms with Gasteiger partial charge >= 0.3 is 6.09 Å². The summed E-state index contributed by atoms with van der Waals surface area (Å²) >= 11 is 0. The molecule has 3 amide bonds. The fourth-order valence-electron chi connectivity index (χ4n) is 6.54. The van der Waals surface area contributed by atoms with E-state index >= 15 is 0 Å². The molecule has 45 heavy (non-hydrogen) atoms. The van der Waals surface area contributed by atoms with Gasteiger partial charge in [0, 0.05) is 69.1 Å². The van der Waals surface area contributed by atoms with Gasteiger partial charge in [-0.2, -0.15) is 10.2 Å². The van der Waals surface area contributed by atoms with Crippen LogP contribution in [0.5, 0.6) is 0 Å². The number of nitrogens with zero attached hydrogens (tertiary/aromatic N) is 6. The van der Waals surface area contributed by atoms with Crippen molar-refractivity contribution in [2.45, 2.75) is 84.4 Å². The minimum atomic E-state index is -0.665. The minimum absolute atomic E-state index is 0.0779. The molecule has 0 saturated carbocycles. The Morgan fingerprint density at radius 1 is 1.07 bits per heavy atom. The first kappa shape index (κ1) is 32.7. The zero-order chi connectivity index (χ0) is 32.8. The Morgan fingerprint density at radius 3 is 2.44 bits per heavy atom. The van der Waals surface area contributed by atoms with Crippen LogP contribution >= 0.6 is 0 Å². The van der Waals surface area contributed by atoms with Gasteiger partial charge in [-0.25, -0.2) is 13.6 Å². The molecule has 3 aliphatic rings. The molecule has 1 aromatic heterocycles. The summed E-state index contributed by atoms with van der Waals surface area (Å²) in [5.74, 6) is -1.13. The van der Waals surface area contributed by atoms with Crippen molar-refractivity contribution in [1.82, 2.24) is 24.9 Å². The lowest BCUT2D eigenvalue weighted by Crippen LogP contribution is -2.63. The topological polar surface area (TPSA) is 99.2 Å². The van der Waals surface area contributed by atoms with E-state index < -0.39 is 28.7 Å². The number of rotatable bonds is 6. The Kier molecular flexibility index (Phi) is 8.91. The number of amides is 3. The molecule has 0 bridgehead atoms. The van der Waals surface area contributed by atoms with E-state index in [9.17, 15) is 23.2 Å². The Labute approximate surface area is 263 Å². The normalized spacial score (nSPS) is 23.4. The molecule has 2 fully saturated rings. The lowest BCUT2D eigenvalue weighted by molar-refractivity contribution is -0.129.